The van der Waals surface area contributed by atoms with Crippen LogP contribution in [0.2, 0.25) is 0 Å². The first kappa shape index (κ1) is 19.1. The van der Waals surface area contributed by atoms with E-state index >= 15 is 0 Å². The van der Waals surface area contributed by atoms with Crippen molar-refractivity contribution in [2.24, 2.45) is 10.9 Å². The van der Waals surface area contributed by atoms with Gasteiger partial charge in [0, 0.05) is 38.4 Å². The van der Waals surface area contributed by atoms with E-state index in [1.807, 2.05) is 0 Å². The minimum Gasteiger partial charge on any atom is -0.375 e. The van der Waals surface area contributed by atoms with E-state index in [2.05, 4.69) is 71.8 Å². The lowest BCUT2D eigenvalue weighted by Gasteiger charge is -2.18. The van der Waals surface area contributed by atoms with Crippen molar-refractivity contribution in [3.63, 3.8) is 0 Å². The molecule has 0 spiro atoms. The summed E-state index contributed by atoms with van der Waals surface area (Å²) in [4.78, 5) is 6.94. The highest BCUT2D eigenvalue weighted by Crippen LogP contribution is 2.28. The molecule has 0 saturated heterocycles. The first-order valence-electron chi connectivity index (χ1n) is 8.01. The first-order chi connectivity index (χ1) is 10.2. The van der Waals surface area contributed by atoms with E-state index in [-0.39, 0.29) is 24.0 Å². The highest BCUT2D eigenvalue weighted by molar-refractivity contribution is 14.0. The van der Waals surface area contributed by atoms with Gasteiger partial charge in [0.2, 0.25) is 0 Å². The predicted octanol–water partition coefficient (Wildman–Crippen LogP) is 3.09. The fourth-order valence-corrected chi connectivity index (χ4v) is 2.33. The van der Waals surface area contributed by atoms with Gasteiger partial charge in [-0.25, -0.2) is 0 Å². The molecule has 2 rings (SSSR count). The van der Waals surface area contributed by atoms with Crippen LogP contribution in [0.4, 0.5) is 5.69 Å². The SMILES string of the molecule is CCNC(=NCCCN(C)c1ccccc1)NC1CC1C.I. The van der Waals surface area contributed by atoms with Crippen LogP contribution in [0.1, 0.15) is 26.7 Å². The molecule has 124 valence electrons. The monoisotopic (exact) mass is 416 g/mol. The third kappa shape index (κ3) is 6.42. The Morgan fingerprint density at radius 1 is 1.32 bits per heavy atom. The largest absolute Gasteiger partial charge is 0.375 e. The van der Waals surface area contributed by atoms with Crippen molar-refractivity contribution in [1.82, 2.24) is 10.6 Å². The summed E-state index contributed by atoms with van der Waals surface area (Å²) in [7, 11) is 2.13. The Labute approximate surface area is 151 Å². The quantitative estimate of drug-likeness (QED) is 0.311. The first-order valence-corrected chi connectivity index (χ1v) is 8.01. The lowest BCUT2D eigenvalue weighted by Crippen LogP contribution is -2.39. The zero-order valence-electron chi connectivity index (χ0n) is 13.9. The number of aliphatic imine (C=N–C) groups is 1. The van der Waals surface area contributed by atoms with Crippen LogP contribution in [0.25, 0.3) is 0 Å². The number of para-hydroxylation sites is 1. The van der Waals surface area contributed by atoms with Crippen molar-refractivity contribution in [2.75, 3.05) is 31.6 Å². The lowest BCUT2D eigenvalue weighted by atomic mass is 10.3. The minimum absolute atomic E-state index is 0. The smallest absolute Gasteiger partial charge is 0.191 e. The van der Waals surface area contributed by atoms with Gasteiger partial charge in [0.25, 0.3) is 0 Å². The topological polar surface area (TPSA) is 39.7 Å². The average molecular weight is 416 g/mol. The summed E-state index contributed by atoms with van der Waals surface area (Å²) in [6, 6.07) is 11.1. The van der Waals surface area contributed by atoms with Gasteiger partial charge in [0.1, 0.15) is 0 Å². The second-order valence-corrected chi connectivity index (χ2v) is 5.84. The summed E-state index contributed by atoms with van der Waals surface area (Å²) in [5, 5.41) is 6.81. The van der Waals surface area contributed by atoms with Crippen molar-refractivity contribution < 1.29 is 0 Å². The summed E-state index contributed by atoms with van der Waals surface area (Å²) >= 11 is 0. The van der Waals surface area contributed by atoms with Crippen LogP contribution >= 0.6 is 24.0 Å². The molecule has 1 aliphatic carbocycles. The fourth-order valence-electron chi connectivity index (χ4n) is 2.33. The van der Waals surface area contributed by atoms with Gasteiger partial charge in [-0.05, 0) is 37.8 Å². The van der Waals surface area contributed by atoms with Crippen molar-refractivity contribution >= 4 is 35.6 Å². The van der Waals surface area contributed by atoms with Gasteiger partial charge in [-0.1, -0.05) is 25.1 Å². The highest BCUT2D eigenvalue weighted by atomic mass is 127. The van der Waals surface area contributed by atoms with Gasteiger partial charge in [0.15, 0.2) is 5.96 Å². The number of guanidine groups is 1. The van der Waals surface area contributed by atoms with Gasteiger partial charge in [0.05, 0.1) is 0 Å². The highest BCUT2D eigenvalue weighted by Gasteiger charge is 2.33. The van der Waals surface area contributed by atoms with Crippen LogP contribution in [-0.2, 0) is 0 Å². The number of nitrogens with one attached hydrogen (secondary N) is 2. The summed E-state index contributed by atoms with van der Waals surface area (Å²) < 4.78 is 0. The Hall–Kier alpha value is -0.980. The molecular weight excluding hydrogens is 387 g/mol. The number of hydrogen-bond acceptors (Lipinski definition) is 2. The van der Waals surface area contributed by atoms with Crippen molar-refractivity contribution in [1.29, 1.82) is 0 Å². The van der Waals surface area contributed by atoms with E-state index in [0.717, 1.165) is 37.9 Å². The molecule has 0 heterocycles. The van der Waals surface area contributed by atoms with Crippen LogP contribution in [0.15, 0.2) is 35.3 Å². The maximum atomic E-state index is 4.66. The van der Waals surface area contributed by atoms with E-state index in [9.17, 15) is 0 Å². The molecule has 1 aromatic rings. The van der Waals surface area contributed by atoms with E-state index in [4.69, 9.17) is 0 Å². The third-order valence-corrected chi connectivity index (χ3v) is 3.89. The number of nitrogens with zero attached hydrogens (tertiary/aromatic N) is 2. The average Bonchev–Trinajstić information content (AvgIpc) is 3.19. The standard InChI is InChI=1S/C17H28N4.HI/c1-4-18-17(20-16-13-14(16)2)19-11-8-12-21(3)15-9-6-5-7-10-15;/h5-7,9-10,14,16H,4,8,11-13H2,1-3H3,(H2,18,19,20);1H. The Morgan fingerprint density at radius 2 is 2.00 bits per heavy atom. The maximum Gasteiger partial charge on any atom is 0.191 e. The fraction of sp³-hybridized carbons (Fsp3) is 0.588. The van der Waals surface area contributed by atoms with Gasteiger partial charge in [-0.15, -0.1) is 24.0 Å². The van der Waals surface area contributed by atoms with Crippen molar-refractivity contribution in [3.8, 4) is 0 Å². The maximum absolute atomic E-state index is 4.66. The number of rotatable bonds is 7. The molecule has 0 aromatic heterocycles. The predicted molar refractivity (Wildman–Crippen MR) is 106 cm³/mol. The Bertz CT molecular complexity index is 449. The minimum atomic E-state index is 0. The molecule has 0 bridgehead atoms. The van der Waals surface area contributed by atoms with E-state index < -0.39 is 0 Å². The number of benzene rings is 1. The number of hydrogen-bond donors (Lipinski definition) is 2. The van der Waals surface area contributed by atoms with Gasteiger partial charge >= 0.3 is 0 Å². The Morgan fingerprint density at radius 3 is 2.59 bits per heavy atom. The molecule has 1 saturated carbocycles. The van der Waals surface area contributed by atoms with Crippen LogP contribution in [0.3, 0.4) is 0 Å². The van der Waals surface area contributed by atoms with Crippen molar-refractivity contribution in [2.45, 2.75) is 32.7 Å². The van der Waals surface area contributed by atoms with Crippen LogP contribution in [-0.4, -0.2) is 38.7 Å². The molecular formula is C17H29IN4. The molecule has 0 amide bonds. The molecule has 1 fully saturated rings. The normalized spacial score (nSPS) is 20.0. The van der Waals surface area contributed by atoms with Gasteiger partial charge in [-0.3, -0.25) is 4.99 Å². The van der Waals surface area contributed by atoms with Crippen LogP contribution in [0.5, 0.6) is 0 Å². The number of halogens is 1. The second-order valence-electron chi connectivity index (χ2n) is 5.84. The van der Waals surface area contributed by atoms with Crippen LogP contribution in [0, 0.1) is 5.92 Å². The summed E-state index contributed by atoms with van der Waals surface area (Å²) in [6.07, 6.45) is 2.32. The molecule has 0 radical (unpaired) electrons. The van der Waals surface area contributed by atoms with E-state index in [1.165, 1.54) is 12.1 Å². The van der Waals surface area contributed by atoms with E-state index in [1.54, 1.807) is 0 Å². The zero-order chi connectivity index (χ0) is 15.1. The molecule has 1 aliphatic rings. The molecule has 2 unspecified atom stereocenters. The Balaban J connectivity index is 0.00000242. The van der Waals surface area contributed by atoms with E-state index in [0.29, 0.717) is 6.04 Å². The molecule has 5 heteroatoms. The second kappa shape index (κ2) is 9.92. The zero-order valence-corrected chi connectivity index (χ0v) is 16.2. The van der Waals surface area contributed by atoms with Crippen molar-refractivity contribution in [3.05, 3.63) is 30.3 Å². The third-order valence-electron chi connectivity index (χ3n) is 3.89. The Kier molecular flexibility index (Phi) is 8.60. The lowest BCUT2D eigenvalue weighted by molar-refractivity contribution is 0.748. The summed E-state index contributed by atoms with van der Waals surface area (Å²) in [6.45, 7) is 7.17. The molecule has 4 nitrogen and oxygen atoms in total. The molecule has 2 atom stereocenters. The summed E-state index contributed by atoms with van der Waals surface area (Å²) in [5.74, 6) is 1.76. The molecule has 1 aromatic carbocycles. The van der Waals surface area contributed by atoms with Gasteiger partial charge in [-0.2, -0.15) is 0 Å². The van der Waals surface area contributed by atoms with Gasteiger partial charge < -0.3 is 15.5 Å². The number of anilines is 1. The van der Waals surface area contributed by atoms with Crippen LogP contribution < -0.4 is 15.5 Å². The molecule has 22 heavy (non-hydrogen) atoms. The molecule has 0 aliphatic heterocycles. The summed E-state index contributed by atoms with van der Waals surface area (Å²) in [5.41, 5.74) is 1.26. The molecule has 2 N–H and O–H groups in total.